The Morgan fingerprint density at radius 2 is 2.08 bits per heavy atom. The third kappa shape index (κ3) is 2.21. The number of aliphatic hydroxyl groups is 1. The minimum atomic E-state index is 0.0794. The van der Waals surface area contributed by atoms with Crippen LogP contribution in [0.1, 0.15) is 32.6 Å². The van der Waals surface area contributed by atoms with Gasteiger partial charge in [-0.05, 0) is 12.8 Å². The van der Waals surface area contributed by atoms with E-state index >= 15 is 0 Å². The van der Waals surface area contributed by atoms with Gasteiger partial charge in [-0.2, -0.15) is 0 Å². The van der Waals surface area contributed by atoms with Crippen LogP contribution in [-0.2, 0) is 4.79 Å². The third-order valence-corrected chi connectivity index (χ3v) is 2.51. The molecule has 0 heterocycles. The van der Waals surface area contributed by atoms with Crippen LogP contribution >= 0.6 is 0 Å². The van der Waals surface area contributed by atoms with E-state index in [-0.39, 0.29) is 12.5 Å². The first kappa shape index (κ1) is 9.52. The summed E-state index contributed by atoms with van der Waals surface area (Å²) in [5.74, 6) is 0.0935. The molecule has 12 heavy (non-hydrogen) atoms. The second kappa shape index (κ2) is 4.45. The SMILES string of the molecule is CC(=O)N(CCO)C1CCCC1. The largest absolute Gasteiger partial charge is 0.395 e. The van der Waals surface area contributed by atoms with Gasteiger partial charge in [0.25, 0.3) is 0 Å². The van der Waals surface area contributed by atoms with Gasteiger partial charge in [0.05, 0.1) is 6.61 Å². The molecule has 1 aliphatic carbocycles. The molecular formula is C9H17NO2. The van der Waals surface area contributed by atoms with E-state index in [9.17, 15) is 4.79 Å². The molecule has 1 aliphatic rings. The third-order valence-electron chi connectivity index (χ3n) is 2.51. The van der Waals surface area contributed by atoms with Crippen LogP contribution in [0.5, 0.6) is 0 Å². The summed E-state index contributed by atoms with van der Waals surface area (Å²) < 4.78 is 0. The molecule has 0 spiro atoms. The number of aliphatic hydroxyl groups excluding tert-OH is 1. The number of hydrogen-bond donors (Lipinski definition) is 1. The van der Waals surface area contributed by atoms with Crippen LogP contribution in [-0.4, -0.2) is 35.1 Å². The molecule has 70 valence electrons. The van der Waals surface area contributed by atoms with E-state index in [1.165, 1.54) is 12.8 Å². The number of amides is 1. The van der Waals surface area contributed by atoms with Gasteiger partial charge < -0.3 is 10.0 Å². The van der Waals surface area contributed by atoms with Crippen molar-refractivity contribution in [3.63, 3.8) is 0 Å². The minimum absolute atomic E-state index is 0.0794. The summed E-state index contributed by atoms with van der Waals surface area (Å²) in [6.45, 7) is 2.16. The first-order chi connectivity index (χ1) is 5.75. The van der Waals surface area contributed by atoms with Crippen molar-refractivity contribution in [2.45, 2.75) is 38.6 Å². The number of rotatable bonds is 3. The summed E-state index contributed by atoms with van der Waals surface area (Å²) in [7, 11) is 0. The highest BCUT2D eigenvalue weighted by atomic mass is 16.3. The molecule has 1 amide bonds. The van der Waals surface area contributed by atoms with Gasteiger partial charge in [0.15, 0.2) is 0 Å². The molecule has 0 aromatic carbocycles. The van der Waals surface area contributed by atoms with Crippen molar-refractivity contribution >= 4 is 5.91 Å². The maximum Gasteiger partial charge on any atom is 0.219 e. The Kier molecular flexibility index (Phi) is 3.53. The number of hydrogen-bond acceptors (Lipinski definition) is 2. The smallest absolute Gasteiger partial charge is 0.219 e. The predicted molar refractivity (Wildman–Crippen MR) is 46.7 cm³/mol. The molecule has 0 aromatic rings. The lowest BCUT2D eigenvalue weighted by Gasteiger charge is -2.26. The molecule has 0 unspecified atom stereocenters. The van der Waals surface area contributed by atoms with Gasteiger partial charge in [-0.15, -0.1) is 0 Å². The van der Waals surface area contributed by atoms with Crippen molar-refractivity contribution in [2.75, 3.05) is 13.2 Å². The average Bonchev–Trinajstić information content (AvgIpc) is 2.51. The normalized spacial score (nSPS) is 18.2. The zero-order chi connectivity index (χ0) is 8.97. The van der Waals surface area contributed by atoms with Crippen molar-refractivity contribution < 1.29 is 9.90 Å². The van der Waals surface area contributed by atoms with Gasteiger partial charge in [0.2, 0.25) is 5.91 Å². The van der Waals surface area contributed by atoms with Gasteiger partial charge in [-0.25, -0.2) is 0 Å². The topological polar surface area (TPSA) is 40.5 Å². The first-order valence-corrected chi connectivity index (χ1v) is 4.63. The fourth-order valence-electron chi connectivity index (χ4n) is 1.92. The van der Waals surface area contributed by atoms with Crippen molar-refractivity contribution in [1.29, 1.82) is 0 Å². The zero-order valence-electron chi connectivity index (χ0n) is 7.62. The van der Waals surface area contributed by atoms with E-state index in [2.05, 4.69) is 0 Å². The molecule has 3 heteroatoms. The highest BCUT2D eigenvalue weighted by Crippen LogP contribution is 2.23. The molecule has 1 N–H and O–H groups in total. The molecule has 3 nitrogen and oxygen atoms in total. The summed E-state index contributed by atoms with van der Waals surface area (Å²) in [5, 5.41) is 8.75. The number of nitrogens with zero attached hydrogens (tertiary/aromatic N) is 1. The van der Waals surface area contributed by atoms with Gasteiger partial charge in [-0.1, -0.05) is 12.8 Å². The molecule has 0 aliphatic heterocycles. The Morgan fingerprint density at radius 3 is 2.50 bits per heavy atom. The first-order valence-electron chi connectivity index (χ1n) is 4.63. The summed E-state index contributed by atoms with van der Waals surface area (Å²) >= 11 is 0. The van der Waals surface area contributed by atoms with Crippen molar-refractivity contribution in [3.8, 4) is 0 Å². The fraction of sp³-hybridized carbons (Fsp3) is 0.889. The van der Waals surface area contributed by atoms with Crippen LogP contribution in [0.3, 0.4) is 0 Å². The molecule has 1 fully saturated rings. The Hall–Kier alpha value is -0.570. The lowest BCUT2D eigenvalue weighted by molar-refractivity contribution is -0.131. The summed E-state index contributed by atoms with van der Waals surface area (Å²) in [6.07, 6.45) is 4.67. The zero-order valence-corrected chi connectivity index (χ0v) is 7.62. The van der Waals surface area contributed by atoms with Gasteiger partial charge in [0, 0.05) is 19.5 Å². The highest BCUT2D eigenvalue weighted by Gasteiger charge is 2.23. The number of carbonyl (C=O) groups excluding carboxylic acids is 1. The van der Waals surface area contributed by atoms with E-state index in [1.54, 1.807) is 11.8 Å². The monoisotopic (exact) mass is 171 g/mol. The van der Waals surface area contributed by atoms with E-state index in [0.29, 0.717) is 12.6 Å². The highest BCUT2D eigenvalue weighted by molar-refractivity contribution is 5.73. The quantitative estimate of drug-likeness (QED) is 0.681. The van der Waals surface area contributed by atoms with Gasteiger partial charge in [0.1, 0.15) is 0 Å². The predicted octanol–water partition coefficient (Wildman–Crippen LogP) is 0.770. The van der Waals surface area contributed by atoms with Crippen LogP contribution in [0.2, 0.25) is 0 Å². The average molecular weight is 171 g/mol. The van der Waals surface area contributed by atoms with Gasteiger partial charge >= 0.3 is 0 Å². The Labute approximate surface area is 73.4 Å². The lowest BCUT2D eigenvalue weighted by atomic mass is 10.2. The van der Waals surface area contributed by atoms with E-state index in [4.69, 9.17) is 5.11 Å². The van der Waals surface area contributed by atoms with E-state index in [1.807, 2.05) is 0 Å². The summed E-state index contributed by atoms with van der Waals surface area (Å²) in [6, 6.07) is 0.398. The lowest BCUT2D eigenvalue weighted by Crippen LogP contribution is -2.39. The molecule has 0 saturated heterocycles. The molecule has 0 bridgehead atoms. The Bertz CT molecular complexity index is 153. The summed E-state index contributed by atoms with van der Waals surface area (Å²) in [4.78, 5) is 12.9. The second-order valence-electron chi connectivity index (χ2n) is 3.37. The van der Waals surface area contributed by atoms with Gasteiger partial charge in [-0.3, -0.25) is 4.79 Å². The number of carbonyl (C=O) groups is 1. The molecule has 1 saturated carbocycles. The van der Waals surface area contributed by atoms with Crippen molar-refractivity contribution in [1.82, 2.24) is 4.90 Å². The minimum Gasteiger partial charge on any atom is -0.395 e. The molecule has 1 rings (SSSR count). The van der Waals surface area contributed by atoms with Crippen molar-refractivity contribution in [3.05, 3.63) is 0 Å². The van der Waals surface area contributed by atoms with Crippen LogP contribution in [0, 0.1) is 0 Å². The molecule has 0 atom stereocenters. The Balaban J connectivity index is 2.45. The van der Waals surface area contributed by atoms with Crippen LogP contribution in [0.4, 0.5) is 0 Å². The summed E-state index contributed by atoms with van der Waals surface area (Å²) in [5.41, 5.74) is 0. The Morgan fingerprint density at radius 1 is 1.50 bits per heavy atom. The standard InChI is InChI=1S/C9H17NO2/c1-8(12)10(6-7-11)9-4-2-3-5-9/h9,11H,2-7H2,1H3. The maximum absolute atomic E-state index is 11.1. The van der Waals surface area contributed by atoms with Crippen molar-refractivity contribution in [2.24, 2.45) is 0 Å². The fourth-order valence-corrected chi connectivity index (χ4v) is 1.92. The van der Waals surface area contributed by atoms with E-state index < -0.39 is 0 Å². The molecular weight excluding hydrogens is 154 g/mol. The maximum atomic E-state index is 11.1. The van der Waals surface area contributed by atoms with Crippen LogP contribution in [0.15, 0.2) is 0 Å². The second-order valence-corrected chi connectivity index (χ2v) is 3.37. The van der Waals surface area contributed by atoms with Crippen LogP contribution < -0.4 is 0 Å². The molecule has 0 aromatic heterocycles. The molecule has 0 radical (unpaired) electrons. The van der Waals surface area contributed by atoms with Crippen LogP contribution in [0.25, 0.3) is 0 Å². The van der Waals surface area contributed by atoms with E-state index in [0.717, 1.165) is 12.8 Å².